The van der Waals surface area contributed by atoms with Crippen LogP contribution in [0.3, 0.4) is 0 Å². The molecule has 0 saturated carbocycles. The predicted octanol–water partition coefficient (Wildman–Crippen LogP) is 4.39. The summed E-state index contributed by atoms with van der Waals surface area (Å²) in [5.41, 5.74) is 1.40. The highest BCUT2D eigenvalue weighted by Crippen LogP contribution is 2.19. The van der Waals surface area contributed by atoms with Crippen LogP contribution in [-0.2, 0) is 6.42 Å². The van der Waals surface area contributed by atoms with E-state index >= 15 is 0 Å². The first-order chi connectivity index (χ1) is 8.30. The molecule has 1 atom stereocenters. The Hall–Kier alpha value is -0.150. The van der Waals surface area contributed by atoms with Crippen molar-refractivity contribution in [1.29, 1.82) is 0 Å². The maximum absolute atomic E-state index is 5.17. The van der Waals surface area contributed by atoms with Crippen LogP contribution >= 0.6 is 27.7 Å². The molecular weight excluding hydrogens is 296 g/mol. The summed E-state index contributed by atoms with van der Waals surface area (Å²) >= 11 is 5.65. The van der Waals surface area contributed by atoms with Crippen molar-refractivity contribution in [2.75, 3.05) is 23.9 Å². The van der Waals surface area contributed by atoms with Crippen LogP contribution in [0.2, 0.25) is 0 Å². The van der Waals surface area contributed by atoms with Gasteiger partial charge in [-0.3, -0.25) is 0 Å². The molecule has 0 bridgehead atoms. The zero-order valence-electron chi connectivity index (χ0n) is 10.6. The van der Waals surface area contributed by atoms with Gasteiger partial charge in [0, 0.05) is 5.33 Å². The van der Waals surface area contributed by atoms with Crippen molar-refractivity contribution in [2.24, 2.45) is 5.92 Å². The second-order valence-corrected chi connectivity index (χ2v) is 6.10. The number of thioether (sulfide) groups is 1. The molecule has 0 aliphatic heterocycles. The number of hydrogen-bond donors (Lipinski definition) is 0. The Morgan fingerprint density at radius 2 is 2.00 bits per heavy atom. The van der Waals surface area contributed by atoms with Crippen LogP contribution in [0.4, 0.5) is 0 Å². The van der Waals surface area contributed by atoms with Crippen LogP contribution in [0.5, 0.6) is 5.75 Å². The molecule has 1 nitrogen and oxygen atoms in total. The van der Waals surface area contributed by atoms with Crippen LogP contribution in [-0.4, -0.2) is 23.9 Å². The lowest BCUT2D eigenvalue weighted by Crippen LogP contribution is -2.07. The minimum absolute atomic E-state index is 0.738. The molecule has 0 N–H and O–H groups in total. The summed E-state index contributed by atoms with van der Waals surface area (Å²) in [4.78, 5) is 0. The van der Waals surface area contributed by atoms with E-state index in [1.165, 1.54) is 23.5 Å². The van der Waals surface area contributed by atoms with Crippen molar-refractivity contribution in [1.82, 2.24) is 0 Å². The van der Waals surface area contributed by atoms with E-state index in [1.807, 2.05) is 23.9 Å². The second-order valence-electron chi connectivity index (χ2n) is 4.06. The van der Waals surface area contributed by atoms with E-state index in [0.717, 1.165) is 23.4 Å². The molecule has 0 amide bonds. The zero-order chi connectivity index (χ0) is 12.5. The summed E-state index contributed by atoms with van der Waals surface area (Å²) in [6.45, 7) is 2.22. The van der Waals surface area contributed by atoms with Gasteiger partial charge in [0.05, 0.1) is 7.11 Å². The average Bonchev–Trinajstić information content (AvgIpc) is 2.38. The lowest BCUT2D eigenvalue weighted by Gasteiger charge is -2.13. The predicted molar refractivity (Wildman–Crippen MR) is 81.6 cm³/mol. The van der Waals surface area contributed by atoms with Gasteiger partial charge in [0.1, 0.15) is 5.75 Å². The molecular formula is C14H21BrOS. The summed E-state index contributed by atoms with van der Waals surface area (Å²) < 4.78 is 5.17. The van der Waals surface area contributed by atoms with E-state index in [0.29, 0.717) is 0 Å². The molecule has 0 saturated heterocycles. The van der Waals surface area contributed by atoms with Gasteiger partial charge >= 0.3 is 0 Å². The Morgan fingerprint density at radius 1 is 1.29 bits per heavy atom. The van der Waals surface area contributed by atoms with Crippen LogP contribution in [0.15, 0.2) is 24.3 Å². The highest BCUT2D eigenvalue weighted by molar-refractivity contribution is 9.09. The molecule has 17 heavy (non-hydrogen) atoms. The summed E-state index contributed by atoms with van der Waals surface area (Å²) in [5.74, 6) is 4.16. The fourth-order valence-corrected chi connectivity index (χ4v) is 3.06. The van der Waals surface area contributed by atoms with E-state index in [4.69, 9.17) is 4.74 Å². The minimum Gasteiger partial charge on any atom is -0.497 e. The van der Waals surface area contributed by atoms with Gasteiger partial charge in [-0.25, -0.2) is 0 Å². The quantitative estimate of drug-likeness (QED) is 0.519. The van der Waals surface area contributed by atoms with E-state index in [1.54, 1.807) is 7.11 Å². The van der Waals surface area contributed by atoms with Gasteiger partial charge in [0.25, 0.3) is 0 Å². The second kappa shape index (κ2) is 8.87. The first-order valence-corrected chi connectivity index (χ1v) is 8.34. The van der Waals surface area contributed by atoms with Gasteiger partial charge in [-0.1, -0.05) is 35.0 Å². The molecule has 1 aromatic carbocycles. The Balaban J connectivity index is 2.43. The minimum atomic E-state index is 0.738. The molecule has 0 aliphatic carbocycles. The molecule has 0 radical (unpaired) electrons. The Morgan fingerprint density at radius 3 is 2.53 bits per heavy atom. The maximum Gasteiger partial charge on any atom is 0.118 e. The normalized spacial score (nSPS) is 12.4. The first-order valence-electron chi connectivity index (χ1n) is 6.06. The Labute approximate surface area is 117 Å². The fraction of sp³-hybridized carbons (Fsp3) is 0.571. The number of methoxy groups -OCH3 is 1. The lowest BCUT2D eigenvalue weighted by atomic mass is 9.99. The third-order valence-electron chi connectivity index (χ3n) is 2.78. The van der Waals surface area contributed by atoms with Crippen molar-refractivity contribution in [3.8, 4) is 5.75 Å². The standard InChI is InChI=1S/C14H21BrOS/c1-3-17-9-8-13(11-15)10-12-4-6-14(16-2)7-5-12/h4-7,13H,3,8-11H2,1-2H3. The average molecular weight is 317 g/mol. The van der Waals surface area contributed by atoms with E-state index in [9.17, 15) is 0 Å². The van der Waals surface area contributed by atoms with Crippen molar-refractivity contribution in [3.05, 3.63) is 29.8 Å². The van der Waals surface area contributed by atoms with Gasteiger partial charge in [0.2, 0.25) is 0 Å². The number of rotatable bonds is 8. The maximum atomic E-state index is 5.17. The third kappa shape index (κ3) is 5.82. The van der Waals surface area contributed by atoms with Crippen LogP contribution in [0.25, 0.3) is 0 Å². The molecule has 96 valence electrons. The fourth-order valence-electron chi connectivity index (χ4n) is 1.72. The van der Waals surface area contributed by atoms with E-state index in [2.05, 4.69) is 35.0 Å². The first kappa shape index (κ1) is 14.9. The van der Waals surface area contributed by atoms with Crippen LogP contribution in [0, 0.1) is 5.92 Å². The van der Waals surface area contributed by atoms with Crippen molar-refractivity contribution >= 4 is 27.7 Å². The number of ether oxygens (including phenoxy) is 1. The largest absolute Gasteiger partial charge is 0.497 e. The number of hydrogen-bond acceptors (Lipinski definition) is 2. The highest BCUT2D eigenvalue weighted by atomic mass is 79.9. The smallest absolute Gasteiger partial charge is 0.118 e. The summed E-state index contributed by atoms with van der Waals surface area (Å²) in [6.07, 6.45) is 2.44. The highest BCUT2D eigenvalue weighted by Gasteiger charge is 2.08. The number of benzene rings is 1. The molecule has 1 unspecified atom stereocenters. The molecule has 1 rings (SSSR count). The Bertz CT molecular complexity index is 300. The molecule has 0 fully saturated rings. The summed E-state index contributed by atoms with van der Waals surface area (Å²) in [7, 11) is 1.71. The number of halogens is 1. The van der Waals surface area contributed by atoms with Gasteiger partial charge in [-0.05, 0) is 48.0 Å². The van der Waals surface area contributed by atoms with Gasteiger partial charge < -0.3 is 4.74 Å². The zero-order valence-corrected chi connectivity index (χ0v) is 13.0. The van der Waals surface area contributed by atoms with Gasteiger partial charge in [-0.2, -0.15) is 11.8 Å². The molecule has 0 heterocycles. The van der Waals surface area contributed by atoms with Crippen molar-refractivity contribution in [2.45, 2.75) is 19.8 Å². The molecule has 3 heteroatoms. The number of alkyl halides is 1. The van der Waals surface area contributed by atoms with Crippen molar-refractivity contribution < 1.29 is 4.74 Å². The van der Waals surface area contributed by atoms with Gasteiger partial charge in [-0.15, -0.1) is 0 Å². The molecule has 0 aliphatic rings. The Kier molecular flexibility index (Phi) is 7.78. The summed E-state index contributed by atoms with van der Waals surface area (Å²) in [5, 5.41) is 1.09. The molecule has 0 spiro atoms. The molecule has 0 aromatic heterocycles. The van der Waals surface area contributed by atoms with E-state index < -0.39 is 0 Å². The summed E-state index contributed by atoms with van der Waals surface area (Å²) in [6, 6.07) is 8.42. The molecule has 1 aromatic rings. The van der Waals surface area contributed by atoms with Crippen LogP contribution < -0.4 is 4.74 Å². The monoisotopic (exact) mass is 316 g/mol. The van der Waals surface area contributed by atoms with Gasteiger partial charge in [0.15, 0.2) is 0 Å². The van der Waals surface area contributed by atoms with Crippen molar-refractivity contribution in [3.63, 3.8) is 0 Å². The SMILES string of the molecule is CCSCCC(CBr)Cc1ccc(OC)cc1. The van der Waals surface area contributed by atoms with E-state index in [-0.39, 0.29) is 0 Å². The third-order valence-corrected chi connectivity index (χ3v) is 4.62. The topological polar surface area (TPSA) is 9.23 Å². The lowest BCUT2D eigenvalue weighted by molar-refractivity contribution is 0.414. The van der Waals surface area contributed by atoms with Crippen LogP contribution in [0.1, 0.15) is 18.9 Å².